The summed E-state index contributed by atoms with van der Waals surface area (Å²) in [6.45, 7) is 10.1. The van der Waals surface area contributed by atoms with Gasteiger partial charge in [-0.15, -0.1) is 11.3 Å². The van der Waals surface area contributed by atoms with Gasteiger partial charge in [-0.3, -0.25) is 4.79 Å². The van der Waals surface area contributed by atoms with E-state index in [4.69, 9.17) is 14.7 Å². The number of esters is 1. The maximum absolute atomic E-state index is 12.8. The van der Waals surface area contributed by atoms with Gasteiger partial charge in [0, 0.05) is 16.0 Å². The van der Waals surface area contributed by atoms with E-state index in [-0.39, 0.29) is 30.2 Å². The summed E-state index contributed by atoms with van der Waals surface area (Å²) in [5.74, 6) is -0.326. The molecule has 2 N–H and O–H groups in total. The molecular formula is C23H27N3O4S. The van der Waals surface area contributed by atoms with Crippen molar-refractivity contribution in [2.75, 3.05) is 18.5 Å². The Bertz CT molecular complexity index is 1030. The summed E-state index contributed by atoms with van der Waals surface area (Å²) in [7, 11) is 0. The van der Waals surface area contributed by atoms with Crippen molar-refractivity contribution in [2.45, 2.75) is 52.1 Å². The zero-order chi connectivity index (χ0) is 22.8. The highest BCUT2D eigenvalue weighted by molar-refractivity contribution is 7.17. The van der Waals surface area contributed by atoms with Crippen molar-refractivity contribution in [1.29, 1.82) is 5.26 Å². The fraction of sp³-hybridized carbons (Fsp3) is 0.435. The lowest BCUT2D eigenvalue weighted by atomic mass is 9.81. The number of anilines is 1. The molecule has 164 valence electrons. The number of amides is 1. The zero-order valence-corrected chi connectivity index (χ0v) is 19.2. The van der Waals surface area contributed by atoms with Crippen molar-refractivity contribution in [2.24, 2.45) is 0 Å². The molecule has 0 aliphatic carbocycles. The van der Waals surface area contributed by atoms with Gasteiger partial charge < -0.3 is 20.1 Å². The van der Waals surface area contributed by atoms with E-state index in [2.05, 4.69) is 38.3 Å². The fourth-order valence-corrected chi connectivity index (χ4v) is 5.25. The van der Waals surface area contributed by atoms with Crippen LogP contribution in [0.5, 0.6) is 5.75 Å². The standard InChI is InChI=1S/C23H27N3O4S/c1-6-29-21(28)18-16-11-22(2,3)26-23(4,5)19(16)31-20(18)25-17(27)13-30-15-9-7-14(12-24)8-10-15/h7-10,26H,6,11,13H2,1-5H3,(H,25,27). The first-order valence-corrected chi connectivity index (χ1v) is 10.9. The van der Waals surface area contributed by atoms with Crippen LogP contribution in [0.2, 0.25) is 0 Å². The Morgan fingerprint density at radius 1 is 1.23 bits per heavy atom. The van der Waals surface area contributed by atoms with E-state index in [0.717, 1.165) is 10.4 Å². The molecule has 0 saturated carbocycles. The third-order valence-corrected chi connectivity index (χ3v) is 6.40. The maximum atomic E-state index is 12.8. The second-order valence-electron chi connectivity index (χ2n) is 8.62. The third-order valence-electron chi connectivity index (χ3n) is 4.93. The van der Waals surface area contributed by atoms with Crippen molar-refractivity contribution in [3.63, 3.8) is 0 Å². The molecule has 0 bridgehead atoms. The number of ether oxygens (including phenoxy) is 2. The SMILES string of the molecule is CCOC(=O)c1c(NC(=O)COc2ccc(C#N)cc2)sc2c1CC(C)(C)NC2(C)C. The first-order chi connectivity index (χ1) is 14.6. The molecule has 8 heteroatoms. The van der Waals surface area contributed by atoms with Crippen LogP contribution >= 0.6 is 11.3 Å². The van der Waals surface area contributed by atoms with E-state index < -0.39 is 5.97 Å². The second kappa shape index (κ2) is 8.69. The normalized spacial score (nSPS) is 16.0. The molecule has 1 aliphatic rings. The minimum atomic E-state index is -0.434. The van der Waals surface area contributed by atoms with Crippen LogP contribution in [0, 0.1) is 11.3 Å². The van der Waals surface area contributed by atoms with E-state index in [9.17, 15) is 9.59 Å². The topological polar surface area (TPSA) is 100 Å². The third kappa shape index (κ3) is 5.06. The highest BCUT2D eigenvalue weighted by atomic mass is 32.1. The average Bonchev–Trinajstić information content (AvgIpc) is 3.04. The molecule has 7 nitrogen and oxygen atoms in total. The van der Waals surface area contributed by atoms with E-state index in [0.29, 0.717) is 28.3 Å². The number of thiophene rings is 1. The molecule has 0 radical (unpaired) electrons. The smallest absolute Gasteiger partial charge is 0.341 e. The lowest BCUT2D eigenvalue weighted by Gasteiger charge is -2.42. The molecule has 31 heavy (non-hydrogen) atoms. The van der Waals surface area contributed by atoms with Crippen LogP contribution < -0.4 is 15.4 Å². The molecule has 1 aromatic carbocycles. The summed E-state index contributed by atoms with van der Waals surface area (Å²) in [4.78, 5) is 26.4. The van der Waals surface area contributed by atoms with Crippen LogP contribution in [0.25, 0.3) is 0 Å². The minimum Gasteiger partial charge on any atom is -0.484 e. The van der Waals surface area contributed by atoms with Gasteiger partial charge in [0.05, 0.1) is 23.8 Å². The Balaban J connectivity index is 1.84. The van der Waals surface area contributed by atoms with Gasteiger partial charge in [0.25, 0.3) is 5.91 Å². The average molecular weight is 442 g/mol. The summed E-state index contributed by atoms with van der Waals surface area (Å²) < 4.78 is 10.8. The Hall–Kier alpha value is -2.89. The van der Waals surface area contributed by atoms with Crippen LogP contribution in [0.3, 0.4) is 0 Å². The number of hydrogen-bond donors (Lipinski definition) is 2. The van der Waals surface area contributed by atoms with Crippen LogP contribution in [0.4, 0.5) is 5.00 Å². The molecule has 2 aromatic rings. The van der Waals surface area contributed by atoms with Gasteiger partial charge in [0.15, 0.2) is 6.61 Å². The molecule has 0 atom stereocenters. The molecule has 0 fully saturated rings. The summed E-state index contributed by atoms with van der Waals surface area (Å²) in [5, 5.41) is 15.8. The molecule has 3 rings (SSSR count). The number of hydrogen-bond acceptors (Lipinski definition) is 7. The van der Waals surface area contributed by atoms with Crippen LogP contribution in [-0.4, -0.2) is 30.6 Å². The van der Waals surface area contributed by atoms with Crippen molar-refractivity contribution in [1.82, 2.24) is 5.32 Å². The summed E-state index contributed by atoms with van der Waals surface area (Å²) in [5.41, 5.74) is 1.29. The molecule has 0 saturated heterocycles. The zero-order valence-electron chi connectivity index (χ0n) is 18.4. The number of fused-ring (bicyclic) bond motifs is 1. The Kier molecular flexibility index (Phi) is 6.39. The number of carbonyl (C=O) groups is 2. The lowest BCUT2D eigenvalue weighted by Crippen LogP contribution is -2.55. The molecular weight excluding hydrogens is 414 g/mol. The molecule has 2 heterocycles. The summed E-state index contributed by atoms with van der Waals surface area (Å²) in [6.07, 6.45) is 0.647. The number of carbonyl (C=O) groups excluding carboxylic acids is 2. The number of benzene rings is 1. The second-order valence-corrected chi connectivity index (χ2v) is 9.64. The van der Waals surface area contributed by atoms with Gasteiger partial charge in [0.2, 0.25) is 0 Å². The van der Waals surface area contributed by atoms with Gasteiger partial charge in [-0.1, -0.05) is 0 Å². The summed E-state index contributed by atoms with van der Waals surface area (Å²) in [6, 6.07) is 8.54. The van der Waals surface area contributed by atoms with Gasteiger partial charge in [0.1, 0.15) is 10.8 Å². The highest BCUT2D eigenvalue weighted by Gasteiger charge is 2.42. The molecule has 0 spiro atoms. The number of nitrogens with zero attached hydrogens (tertiary/aromatic N) is 1. The van der Waals surface area contributed by atoms with Gasteiger partial charge in [-0.2, -0.15) is 5.26 Å². The van der Waals surface area contributed by atoms with Gasteiger partial charge in [-0.05, 0) is 70.9 Å². The van der Waals surface area contributed by atoms with Crippen LogP contribution in [0.15, 0.2) is 24.3 Å². The van der Waals surface area contributed by atoms with Crippen molar-refractivity contribution in [3.05, 3.63) is 45.8 Å². The van der Waals surface area contributed by atoms with Crippen LogP contribution in [-0.2, 0) is 21.5 Å². The largest absolute Gasteiger partial charge is 0.484 e. The van der Waals surface area contributed by atoms with Crippen molar-refractivity contribution < 1.29 is 19.1 Å². The highest BCUT2D eigenvalue weighted by Crippen LogP contribution is 2.45. The van der Waals surface area contributed by atoms with Gasteiger partial charge in [-0.25, -0.2) is 4.79 Å². The fourth-order valence-electron chi connectivity index (χ4n) is 3.97. The minimum absolute atomic E-state index is 0.210. The monoisotopic (exact) mass is 441 g/mol. The van der Waals surface area contributed by atoms with Crippen LogP contribution in [0.1, 0.15) is 61.0 Å². The van der Waals surface area contributed by atoms with E-state index >= 15 is 0 Å². The molecule has 1 aliphatic heterocycles. The lowest BCUT2D eigenvalue weighted by molar-refractivity contribution is -0.118. The Labute approximate surface area is 186 Å². The number of nitriles is 1. The molecule has 1 amide bonds. The van der Waals surface area contributed by atoms with Crippen molar-refractivity contribution in [3.8, 4) is 11.8 Å². The predicted octanol–water partition coefficient (Wildman–Crippen LogP) is 3.97. The van der Waals surface area contributed by atoms with Crippen molar-refractivity contribution >= 4 is 28.2 Å². The van der Waals surface area contributed by atoms with E-state index in [1.165, 1.54) is 11.3 Å². The van der Waals surface area contributed by atoms with E-state index in [1.54, 1.807) is 31.2 Å². The molecule has 1 aromatic heterocycles. The Morgan fingerprint density at radius 2 is 1.90 bits per heavy atom. The number of nitrogens with one attached hydrogen (secondary N) is 2. The predicted molar refractivity (Wildman–Crippen MR) is 120 cm³/mol. The quantitative estimate of drug-likeness (QED) is 0.658. The Morgan fingerprint density at radius 3 is 2.52 bits per heavy atom. The first kappa shape index (κ1) is 22.8. The summed E-state index contributed by atoms with van der Waals surface area (Å²) >= 11 is 1.39. The number of rotatable bonds is 6. The maximum Gasteiger partial charge on any atom is 0.341 e. The van der Waals surface area contributed by atoms with E-state index in [1.807, 2.05) is 6.07 Å². The van der Waals surface area contributed by atoms with Gasteiger partial charge >= 0.3 is 5.97 Å². The molecule has 0 unspecified atom stereocenters. The first-order valence-electron chi connectivity index (χ1n) is 10.1.